The smallest absolute Gasteiger partial charge is 0.277 e. The van der Waals surface area contributed by atoms with Crippen LogP contribution in [0.1, 0.15) is 42.5 Å². The van der Waals surface area contributed by atoms with Crippen LogP contribution in [0.15, 0.2) is 45.4 Å². The first-order valence-electron chi connectivity index (χ1n) is 9.10. The fourth-order valence-corrected chi connectivity index (χ4v) is 4.50. The number of rotatable bonds is 6. The Bertz CT molecular complexity index is 921. The molecule has 7 heteroatoms. The molecule has 5 nitrogen and oxygen atoms in total. The van der Waals surface area contributed by atoms with E-state index in [2.05, 4.69) is 33.7 Å². The highest BCUT2D eigenvalue weighted by Crippen LogP contribution is 2.27. The zero-order valence-electron chi connectivity index (χ0n) is 15.1. The van der Waals surface area contributed by atoms with Crippen molar-refractivity contribution in [1.82, 2.24) is 15.5 Å². The number of fused-ring (bicyclic) bond motifs is 1. The number of nitrogens with one attached hydrogen (secondary N) is 1. The van der Waals surface area contributed by atoms with Crippen molar-refractivity contribution in [3.05, 3.63) is 52.4 Å². The molecule has 0 saturated carbocycles. The zero-order valence-corrected chi connectivity index (χ0v) is 16.7. The summed E-state index contributed by atoms with van der Waals surface area (Å²) in [6, 6.07) is 10.4. The Morgan fingerprint density at radius 3 is 2.93 bits per heavy atom. The number of nitrogens with zero attached hydrogens (tertiary/aromatic N) is 2. The van der Waals surface area contributed by atoms with E-state index in [1.165, 1.54) is 42.2 Å². The molecule has 3 aromatic rings. The number of hydrogen-bond acceptors (Lipinski definition) is 6. The fraction of sp³-hybridized carbons (Fsp3) is 0.350. The van der Waals surface area contributed by atoms with Crippen molar-refractivity contribution >= 4 is 29.0 Å². The highest BCUT2D eigenvalue weighted by atomic mass is 32.2. The molecule has 1 atom stereocenters. The van der Waals surface area contributed by atoms with E-state index in [0.717, 1.165) is 16.9 Å². The van der Waals surface area contributed by atoms with Crippen molar-refractivity contribution in [1.29, 1.82) is 0 Å². The second kappa shape index (κ2) is 8.27. The van der Waals surface area contributed by atoms with Gasteiger partial charge in [0.25, 0.3) is 11.1 Å². The van der Waals surface area contributed by atoms with Gasteiger partial charge in [-0.25, -0.2) is 0 Å². The molecule has 0 fully saturated rings. The summed E-state index contributed by atoms with van der Waals surface area (Å²) in [5.74, 6) is 0.706. The van der Waals surface area contributed by atoms with Crippen LogP contribution in [0.5, 0.6) is 0 Å². The normalized spacial score (nSPS) is 14.6. The van der Waals surface area contributed by atoms with E-state index in [1.807, 2.05) is 24.4 Å². The minimum Gasteiger partial charge on any atom is -0.410 e. The quantitative estimate of drug-likeness (QED) is 0.611. The molecule has 27 heavy (non-hydrogen) atoms. The molecule has 140 valence electrons. The van der Waals surface area contributed by atoms with Crippen molar-refractivity contribution in [2.45, 2.75) is 43.9 Å². The van der Waals surface area contributed by atoms with E-state index < -0.39 is 0 Å². The van der Waals surface area contributed by atoms with E-state index in [1.54, 1.807) is 11.3 Å². The van der Waals surface area contributed by atoms with Crippen molar-refractivity contribution in [2.75, 3.05) is 5.75 Å². The van der Waals surface area contributed by atoms with Crippen LogP contribution in [0.4, 0.5) is 0 Å². The highest BCUT2D eigenvalue weighted by molar-refractivity contribution is 7.99. The van der Waals surface area contributed by atoms with E-state index in [0.29, 0.717) is 11.1 Å². The summed E-state index contributed by atoms with van der Waals surface area (Å²) in [4.78, 5) is 13.2. The van der Waals surface area contributed by atoms with E-state index in [4.69, 9.17) is 4.42 Å². The van der Waals surface area contributed by atoms with Crippen molar-refractivity contribution in [3.63, 3.8) is 0 Å². The van der Waals surface area contributed by atoms with Gasteiger partial charge in [0.05, 0.1) is 16.7 Å². The highest BCUT2D eigenvalue weighted by Gasteiger charge is 2.16. The van der Waals surface area contributed by atoms with Gasteiger partial charge in [0, 0.05) is 0 Å². The van der Waals surface area contributed by atoms with Crippen molar-refractivity contribution < 1.29 is 9.21 Å². The summed E-state index contributed by atoms with van der Waals surface area (Å²) in [5.41, 5.74) is 4.05. The first kappa shape index (κ1) is 18.3. The molecule has 1 aliphatic rings. The van der Waals surface area contributed by atoms with E-state index in [9.17, 15) is 4.79 Å². The maximum atomic E-state index is 12.3. The van der Waals surface area contributed by atoms with Gasteiger partial charge in [-0.1, -0.05) is 36.0 Å². The first-order valence-corrected chi connectivity index (χ1v) is 11.0. The summed E-state index contributed by atoms with van der Waals surface area (Å²) in [6.07, 6.45) is 4.85. The minimum absolute atomic E-state index is 0.0188. The molecule has 1 aromatic carbocycles. The van der Waals surface area contributed by atoms with Gasteiger partial charge in [-0.2, -0.15) is 0 Å². The summed E-state index contributed by atoms with van der Waals surface area (Å²) >= 11 is 2.80. The third-order valence-corrected chi connectivity index (χ3v) is 6.39. The van der Waals surface area contributed by atoms with Gasteiger partial charge in [0.15, 0.2) is 0 Å². The van der Waals surface area contributed by atoms with Crippen LogP contribution in [0.2, 0.25) is 0 Å². The van der Waals surface area contributed by atoms with E-state index in [-0.39, 0.29) is 17.7 Å². The maximum Gasteiger partial charge on any atom is 0.277 e. The van der Waals surface area contributed by atoms with E-state index >= 15 is 0 Å². The maximum absolute atomic E-state index is 12.3. The molecule has 0 aliphatic heterocycles. The van der Waals surface area contributed by atoms with Crippen LogP contribution in [0, 0.1) is 0 Å². The van der Waals surface area contributed by atoms with Gasteiger partial charge in [0.1, 0.15) is 0 Å². The SMILES string of the molecule is C[C@H](NC(=O)CSc1nnc(-c2cccs2)o1)c1ccc2c(c1)CCCC2. The Hall–Kier alpha value is -2.12. The number of carbonyl (C=O) groups excluding carboxylic acids is 1. The van der Waals surface area contributed by atoms with Gasteiger partial charge in [0.2, 0.25) is 5.91 Å². The second-order valence-corrected chi connectivity index (χ2v) is 8.54. The van der Waals surface area contributed by atoms with Crippen LogP contribution in [-0.4, -0.2) is 21.9 Å². The Labute approximate surface area is 166 Å². The van der Waals surface area contributed by atoms with Crippen molar-refractivity contribution in [3.8, 4) is 10.8 Å². The minimum atomic E-state index is -0.0407. The standard InChI is InChI=1S/C20H21N3O2S2/c1-13(15-9-8-14-5-2-3-6-16(14)11-15)21-18(24)12-27-20-23-22-19(25-20)17-7-4-10-26-17/h4,7-11,13H,2-3,5-6,12H2,1H3,(H,21,24)/t13-/m0/s1. The third kappa shape index (κ3) is 4.42. The van der Waals surface area contributed by atoms with Crippen LogP contribution >= 0.6 is 23.1 Å². The average molecular weight is 400 g/mol. The molecule has 1 amide bonds. The van der Waals surface area contributed by atoms with Crippen molar-refractivity contribution in [2.24, 2.45) is 0 Å². The number of benzene rings is 1. The van der Waals surface area contributed by atoms with Gasteiger partial charge in [-0.05, 0) is 60.7 Å². The monoisotopic (exact) mass is 399 g/mol. The Morgan fingerprint density at radius 1 is 1.26 bits per heavy atom. The molecule has 2 aromatic heterocycles. The van der Waals surface area contributed by atoms with Crippen LogP contribution in [0.25, 0.3) is 10.8 Å². The third-order valence-electron chi connectivity index (χ3n) is 4.72. The largest absolute Gasteiger partial charge is 0.410 e. The lowest BCUT2D eigenvalue weighted by Crippen LogP contribution is -2.28. The lowest BCUT2D eigenvalue weighted by atomic mass is 9.89. The molecule has 0 bridgehead atoms. The lowest BCUT2D eigenvalue weighted by Gasteiger charge is -2.20. The molecular weight excluding hydrogens is 378 g/mol. The van der Waals surface area contributed by atoms with Gasteiger partial charge in [-0.15, -0.1) is 21.5 Å². The predicted octanol–water partition coefficient (Wildman–Crippen LogP) is 4.65. The summed E-state index contributed by atoms with van der Waals surface area (Å²) < 4.78 is 5.60. The molecular formula is C20H21N3O2S2. The average Bonchev–Trinajstić information content (AvgIpc) is 3.37. The molecule has 4 rings (SSSR count). The fourth-order valence-electron chi connectivity index (χ4n) is 3.28. The molecule has 0 unspecified atom stereocenters. The Balaban J connectivity index is 1.31. The van der Waals surface area contributed by atoms with Crippen LogP contribution < -0.4 is 5.32 Å². The molecule has 1 aliphatic carbocycles. The lowest BCUT2D eigenvalue weighted by molar-refractivity contribution is -0.119. The molecule has 0 radical (unpaired) electrons. The zero-order chi connectivity index (χ0) is 18.6. The number of aromatic nitrogens is 2. The number of thioether (sulfide) groups is 1. The number of hydrogen-bond donors (Lipinski definition) is 1. The summed E-state index contributed by atoms with van der Waals surface area (Å²) in [5, 5.41) is 13.5. The topological polar surface area (TPSA) is 68.0 Å². The molecule has 0 saturated heterocycles. The van der Waals surface area contributed by atoms with Crippen LogP contribution in [0.3, 0.4) is 0 Å². The Kier molecular flexibility index (Phi) is 5.59. The second-order valence-electron chi connectivity index (χ2n) is 6.66. The summed E-state index contributed by atoms with van der Waals surface area (Å²) in [7, 11) is 0. The van der Waals surface area contributed by atoms with Gasteiger partial charge in [-0.3, -0.25) is 4.79 Å². The molecule has 0 spiro atoms. The predicted molar refractivity (Wildman–Crippen MR) is 108 cm³/mol. The molecule has 1 N–H and O–H groups in total. The number of carbonyl (C=O) groups is 1. The number of aryl methyl sites for hydroxylation is 2. The molecule has 2 heterocycles. The number of amides is 1. The van der Waals surface area contributed by atoms with Gasteiger partial charge < -0.3 is 9.73 Å². The summed E-state index contributed by atoms with van der Waals surface area (Å²) in [6.45, 7) is 2.02. The van der Waals surface area contributed by atoms with Gasteiger partial charge >= 0.3 is 0 Å². The van der Waals surface area contributed by atoms with Crippen LogP contribution in [-0.2, 0) is 17.6 Å². The number of thiophene rings is 1. The first-order chi connectivity index (χ1) is 13.2. The Morgan fingerprint density at radius 2 is 2.11 bits per heavy atom.